The monoisotopic (exact) mass is 306 g/mol. The van der Waals surface area contributed by atoms with Crippen LogP contribution in [0.5, 0.6) is 0 Å². The molecule has 1 atom stereocenters. The topological polar surface area (TPSA) is 80.9 Å². The Kier molecular flexibility index (Phi) is 4.46. The minimum atomic E-state index is -0.117. The molecule has 0 fully saturated rings. The van der Waals surface area contributed by atoms with Gasteiger partial charge in [-0.25, -0.2) is 0 Å². The Balaban J connectivity index is 2.41. The lowest BCUT2D eigenvalue weighted by atomic mass is 10.0. The summed E-state index contributed by atoms with van der Waals surface area (Å²) in [7, 11) is 0. The largest absolute Gasteiger partial charge is 0.397 e. The van der Waals surface area contributed by atoms with Crippen molar-refractivity contribution in [3.05, 3.63) is 16.1 Å². The molecule has 0 radical (unpaired) electrons. The second-order valence-electron chi connectivity index (χ2n) is 5.67. The number of fused-ring (bicyclic) bond motifs is 1. The molecule has 0 aliphatic carbocycles. The number of nitrogen functional groups attached to an aromatic ring is 1. The first kappa shape index (κ1) is 15.7. The van der Waals surface area contributed by atoms with Crippen molar-refractivity contribution in [2.24, 2.45) is 5.92 Å². The predicted molar refractivity (Wildman–Crippen MR) is 87.7 cm³/mol. The predicted octanol–water partition coefficient (Wildman–Crippen LogP) is 3.05. The maximum Gasteiger partial charge on any atom is 0.263 e. The summed E-state index contributed by atoms with van der Waals surface area (Å²) < 4.78 is 0. The van der Waals surface area contributed by atoms with E-state index in [1.165, 1.54) is 11.3 Å². The maximum atomic E-state index is 12.5. The zero-order valence-corrected chi connectivity index (χ0v) is 14.0. The highest BCUT2D eigenvalue weighted by atomic mass is 32.1. The summed E-state index contributed by atoms with van der Waals surface area (Å²) in [5.74, 6) is 0.270. The van der Waals surface area contributed by atoms with Crippen LogP contribution < -0.4 is 11.1 Å². The Morgan fingerprint density at radius 1 is 1.33 bits per heavy atom. The molecule has 0 spiro atoms. The number of carbonyl (C=O) groups is 1. The number of nitrogens with one attached hydrogen (secondary N) is 1. The van der Waals surface area contributed by atoms with E-state index in [-0.39, 0.29) is 11.9 Å². The number of amides is 1. The summed E-state index contributed by atoms with van der Waals surface area (Å²) in [6.45, 7) is 10.1. The highest BCUT2D eigenvalue weighted by Crippen LogP contribution is 2.34. The molecule has 5 nitrogen and oxygen atoms in total. The molecule has 2 aromatic heterocycles. The van der Waals surface area contributed by atoms with Crippen molar-refractivity contribution in [2.45, 2.75) is 47.1 Å². The Bertz CT molecular complexity index is 678. The van der Waals surface area contributed by atoms with E-state index in [1.807, 2.05) is 13.8 Å². The van der Waals surface area contributed by atoms with Crippen molar-refractivity contribution in [1.29, 1.82) is 0 Å². The van der Waals surface area contributed by atoms with Crippen LogP contribution in [-0.4, -0.2) is 22.1 Å². The molecule has 0 aliphatic rings. The van der Waals surface area contributed by atoms with Crippen LogP contribution in [0.15, 0.2) is 0 Å². The lowest BCUT2D eigenvalue weighted by Crippen LogP contribution is -2.37. The quantitative estimate of drug-likeness (QED) is 0.909. The summed E-state index contributed by atoms with van der Waals surface area (Å²) in [5, 5.41) is 12.2. The molecule has 0 aromatic carbocycles. The third kappa shape index (κ3) is 2.85. The Morgan fingerprint density at radius 2 is 2.00 bits per heavy atom. The molecule has 114 valence electrons. The average molecular weight is 306 g/mol. The molecule has 2 heterocycles. The first-order chi connectivity index (χ1) is 9.86. The SMILES string of the molecule is CCC(NC(=O)c1sc2nnc(C)c(C)c2c1N)C(C)C. The first-order valence-electron chi connectivity index (χ1n) is 7.19. The molecule has 2 aromatic rings. The number of carbonyl (C=O) groups excluding carboxylic acids is 1. The van der Waals surface area contributed by atoms with Gasteiger partial charge in [0, 0.05) is 11.4 Å². The van der Waals surface area contributed by atoms with Gasteiger partial charge in [0.15, 0.2) is 0 Å². The Hall–Kier alpha value is -1.69. The third-order valence-corrected chi connectivity index (χ3v) is 4.99. The fraction of sp³-hybridized carbons (Fsp3) is 0.533. The number of nitrogens with two attached hydrogens (primary N) is 1. The van der Waals surface area contributed by atoms with Gasteiger partial charge in [-0.1, -0.05) is 20.8 Å². The first-order valence-corrected chi connectivity index (χ1v) is 8.01. The van der Waals surface area contributed by atoms with Crippen LogP contribution in [0.2, 0.25) is 0 Å². The number of aryl methyl sites for hydroxylation is 2. The minimum Gasteiger partial charge on any atom is -0.397 e. The molecule has 21 heavy (non-hydrogen) atoms. The van der Waals surface area contributed by atoms with E-state index in [2.05, 4.69) is 36.3 Å². The smallest absolute Gasteiger partial charge is 0.263 e. The third-order valence-electron chi connectivity index (χ3n) is 3.90. The molecule has 1 unspecified atom stereocenters. The van der Waals surface area contributed by atoms with E-state index in [9.17, 15) is 4.79 Å². The summed E-state index contributed by atoms with van der Waals surface area (Å²) >= 11 is 1.31. The normalized spacial score (nSPS) is 12.9. The van der Waals surface area contributed by atoms with Crippen molar-refractivity contribution < 1.29 is 4.79 Å². The van der Waals surface area contributed by atoms with Gasteiger partial charge < -0.3 is 11.1 Å². The molecule has 3 N–H and O–H groups in total. The van der Waals surface area contributed by atoms with E-state index in [0.717, 1.165) is 27.9 Å². The van der Waals surface area contributed by atoms with Crippen LogP contribution >= 0.6 is 11.3 Å². The van der Waals surface area contributed by atoms with Crippen molar-refractivity contribution in [3.8, 4) is 0 Å². The van der Waals surface area contributed by atoms with Crippen LogP contribution in [0.1, 0.15) is 48.1 Å². The average Bonchev–Trinajstić information content (AvgIpc) is 2.77. The molecule has 0 aliphatic heterocycles. The summed E-state index contributed by atoms with van der Waals surface area (Å²) in [6.07, 6.45) is 0.895. The summed E-state index contributed by atoms with van der Waals surface area (Å²) in [4.78, 5) is 13.7. The highest BCUT2D eigenvalue weighted by molar-refractivity contribution is 7.21. The minimum absolute atomic E-state index is 0.117. The molecule has 0 bridgehead atoms. The van der Waals surface area contributed by atoms with E-state index in [1.54, 1.807) is 0 Å². The number of nitrogens with zero attached hydrogens (tertiary/aromatic N) is 2. The van der Waals surface area contributed by atoms with Crippen LogP contribution in [-0.2, 0) is 0 Å². The lowest BCUT2D eigenvalue weighted by Gasteiger charge is -2.20. The van der Waals surface area contributed by atoms with E-state index in [0.29, 0.717) is 16.5 Å². The van der Waals surface area contributed by atoms with Crippen LogP contribution in [0.4, 0.5) is 5.69 Å². The van der Waals surface area contributed by atoms with Gasteiger partial charge in [0.2, 0.25) is 0 Å². The molecule has 6 heteroatoms. The van der Waals surface area contributed by atoms with Crippen molar-refractivity contribution in [2.75, 3.05) is 5.73 Å². The number of thiophene rings is 1. The fourth-order valence-electron chi connectivity index (χ4n) is 2.38. The van der Waals surface area contributed by atoms with E-state index in [4.69, 9.17) is 5.73 Å². The van der Waals surface area contributed by atoms with Crippen LogP contribution in [0.3, 0.4) is 0 Å². The Morgan fingerprint density at radius 3 is 2.57 bits per heavy atom. The van der Waals surface area contributed by atoms with Gasteiger partial charge in [0.1, 0.15) is 9.71 Å². The standard InChI is InChI=1S/C15H22N4OS/c1-6-10(7(2)3)17-14(20)13-12(16)11-8(4)9(5)18-19-15(11)21-13/h7,10H,6,16H2,1-5H3,(H,17,20). The number of aromatic nitrogens is 2. The van der Waals surface area contributed by atoms with Crippen molar-refractivity contribution >= 4 is 33.1 Å². The molecular weight excluding hydrogens is 284 g/mol. The zero-order chi connectivity index (χ0) is 15.7. The zero-order valence-electron chi connectivity index (χ0n) is 13.2. The van der Waals surface area contributed by atoms with Gasteiger partial charge in [-0.15, -0.1) is 16.4 Å². The Labute approximate surface area is 128 Å². The number of anilines is 1. The molecule has 0 saturated carbocycles. The van der Waals surface area contributed by atoms with E-state index < -0.39 is 0 Å². The van der Waals surface area contributed by atoms with Gasteiger partial charge in [0.05, 0.1) is 11.4 Å². The van der Waals surface area contributed by atoms with Crippen molar-refractivity contribution in [3.63, 3.8) is 0 Å². The number of rotatable bonds is 4. The van der Waals surface area contributed by atoms with Gasteiger partial charge in [-0.3, -0.25) is 4.79 Å². The van der Waals surface area contributed by atoms with Crippen molar-refractivity contribution in [1.82, 2.24) is 15.5 Å². The van der Waals surface area contributed by atoms with Crippen LogP contribution in [0, 0.1) is 19.8 Å². The fourth-order valence-corrected chi connectivity index (χ4v) is 3.39. The second kappa shape index (κ2) is 5.97. The molecular formula is C15H22N4OS. The van der Waals surface area contributed by atoms with Crippen LogP contribution in [0.25, 0.3) is 10.2 Å². The van der Waals surface area contributed by atoms with Gasteiger partial charge >= 0.3 is 0 Å². The molecule has 0 saturated heterocycles. The van der Waals surface area contributed by atoms with E-state index >= 15 is 0 Å². The second-order valence-corrected chi connectivity index (χ2v) is 6.67. The summed E-state index contributed by atoms with van der Waals surface area (Å²) in [5.41, 5.74) is 8.53. The molecule has 1 amide bonds. The molecule has 2 rings (SSSR count). The number of hydrogen-bond donors (Lipinski definition) is 2. The number of hydrogen-bond acceptors (Lipinski definition) is 5. The van der Waals surface area contributed by atoms with Gasteiger partial charge in [-0.05, 0) is 31.7 Å². The van der Waals surface area contributed by atoms with Gasteiger partial charge in [-0.2, -0.15) is 5.10 Å². The maximum absolute atomic E-state index is 12.5. The highest BCUT2D eigenvalue weighted by Gasteiger charge is 2.22. The van der Waals surface area contributed by atoms with Gasteiger partial charge in [0.25, 0.3) is 5.91 Å². The lowest BCUT2D eigenvalue weighted by molar-refractivity contribution is 0.0929. The summed E-state index contributed by atoms with van der Waals surface area (Å²) in [6, 6.07) is 0.149.